The minimum Gasteiger partial charge on any atom is -0.364 e. The smallest absolute Gasteiger partial charge is 0.291 e. The molecule has 2 aromatic carbocycles. The zero-order chi connectivity index (χ0) is 23.2. The lowest BCUT2D eigenvalue weighted by Crippen LogP contribution is -2.55. The standard InChI is InChI=1S/C23H19F4N3O2/c1-12-7-8-14(9-13(12)2)18-10-16(15-5-3-4-6-17(15)28-18)21(31)30-23(32,22(26)27)11-19(29-30)20(24)25/h3-10,22,29,32H,11H2,1-2H3. The Bertz CT molecular complexity index is 1260. The number of hydrogen-bond acceptors (Lipinski definition) is 4. The largest absolute Gasteiger partial charge is 0.364 e. The molecule has 5 nitrogen and oxygen atoms in total. The Hall–Kier alpha value is -3.46. The average Bonchev–Trinajstić information content (AvgIpc) is 3.13. The highest BCUT2D eigenvalue weighted by Crippen LogP contribution is 2.36. The number of nitrogens with one attached hydrogen (secondary N) is 1. The van der Waals surface area contributed by atoms with Gasteiger partial charge in [0, 0.05) is 10.9 Å². The SMILES string of the molecule is Cc1ccc(-c2cc(C(=O)N3NC(=C(F)F)CC3(O)C(F)F)c3ccccc3n2)cc1C. The molecular formula is C23H19F4N3O2. The summed E-state index contributed by atoms with van der Waals surface area (Å²) < 4.78 is 53.5. The van der Waals surface area contributed by atoms with Crippen LogP contribution in [0.2, 0.25) is 0 Å². The van der Waals surface area contributed by atoms with Crippen LogP contribution >= 0.6 is 0 Å². The maximum Gasteiger partial charge on any atom is 0.291 e. The van der Waals surface area contributed by atoms with Crippen LogP contribution in [0.1, 0.15) is 27.9 Å². The van der Waals surface area contributed by atoms with Crippen LogP contribution in [-0.4, -0.2) is 33.2 Å². The molecule has 4 rings (SSSR count). The Balaban J connectivity index is 1.88. The molecule has 1 unspecified atom stereocenters. The number of amides is 1. The van der Waals surface area contributed by atoms with Crippen molar-refractivity contribution in [3.05, 3.63) is 77.0 Å². The molecular weight excluding hydrogens is 426 g/mol. The minimum atomic E-state index is -3.48. The van der Waals surface area contributed by atoms with Gasteiger partial charge in [-0.15, -0.1) is 0 Å². The summed E-state index contributed by atoms with van der Waals surface area (Å²) in [5.41, 5.74) is 1.41. The van der Waals surface area contributed by atoms with Crippen molar-refractivity contribution in [2.24, 2.45) is 0 Å². The van der Waals surface area contributed by atoms with E-state index < -0.39 is 36.3 Å². The van der Waals surface area contributed by atoms with E-state index in [9.17, 15) is 27.5 Å². The predicted molar refractivity (Wildman–Crippen MR) is 111 cm³/mol. The number of carbonyl (C=O) groups is 1. The van der Waals surface area contributed by atoms with E-state index in [2.05, 4.69) is 4.98 Å². The van der Waals surface area contributed by atoms with Gasteiger partial charge in [0.1, 0.15) is 5.70 Å². The Morgan fingerprint density at radius 2 is 1.84 bits per heavy atom. The lowest BCUT2D eigenvalue weighted by Gasteiger charge is -2.31. The molecule has 1 aromatic heterocycles. The number of rotatable bonds is 3. The van der Waals surface area contributed by atoms with Crippen LogP contribution in [0, 0.1) is 13.8 Å². The van der Waals surface area contributed by atoms with Gasteiger partial charge in [-0.2, -0.15) is 8.78 Å². The van der Waals surface area contributed by atoms with Gasteiger partial charge in [-0.1, -0.05) is 30.3 Å². The number of pyridine rings is 1. The minimum absolute atomic E-state index is 0.0593. The topological polar surface area (TPSA) is 65.5 Å². The monoisotopic (exact) mass is 445 g/mol. The Labute approximate surface area is 181 Å². The second kappa shape index (κ2) is 7.90. The van der Waals surface area contributed by atoms with E-state index >= 15 is 0 Å². The molecule has 9 heteroatoms. The third kappa shape index (κ3) is 3.58. The van der Waals surface area contributed by atoms with Crippen LogP contribution in [0.4, 0.5) is 17.6 Å². The van der Waals surface area contributed by atoms with Crippen LogP contribution in [0.25, 0.3) is 22.2 Å². The van der Waals surface area contributed by atoms with Crippen molar-refractivity contribution in [2.75, 3.05) is 0 Å². The highest BCUT2D eigenvalue weighted by Gasteiger charge is 2.53. The number of aliphatic hydroxyl groups is 1. The Kier molecular flexibility index (Phi) is 5.37. The van der Waals surface area contributed by atoms with Gasteiger partial charge in [-0.25, -0.2) is 18.8 Å². The molecule has 2 N–H and O–H groups in total. The number of aryl methyl sites for hydroxylation is 2. The van der Waals surface area contributed by atoms with Crippen LogP contribution in [0.3, 0.4) is 0 Å². The molecule has 1 aliphatic heterocycles. The van der Waals surface area contributed by atoms with Gasteiger partial charge in [-0.05, 0) is 43.2 Å². The normalized spacial score (nSPS) is 18.4. The van der Waals surface area contributed by atoms with E-state index in [1.165, 1.54) is 6.07 Å². The third-order valence-corrected chi connectivity index (χ3v) is 5.60. The molecule has 1 fully saturated rings. The summed E-state index contributed by atoms with van der Waals surface area (Å²) in [6, 6.07) is 13.6. The number of aromatic nitrogens is 1. The molecule has 0 spiro atoms. The van der Waals surface area contributed by atoms with E-state index in [0.717, 1.165) is 11.1 Å². The van der Waals surface area contributed by atoms with Gasteiger partial charge >= 0.3 is 0 Å². The molecule has 2 heterocycles. The zero-order valence-corrected chi connectivity index (χ0v) is 17.2. The van der Waals surface area contributed by atoms with Crippen LogP contribution in [-0.2, 0) is 0 Å². The molecule has 1 amide bonds. The summed E-state index contributed by atoms with van der Waals surface area (Å²) in [5, 5.41) is 10.9. The van der Waals surface area contributed by atoms with Gasteiger partial charge in [0.25, 0.3) is 18.4 Å². The number of halogens is 4. The maximum atomic E-state index is 13.7. The fourth-order valence-electron chi connectivity index (χ4n) is 3.64. The maximum absolute atomic E-state index is 13.7. The summed E-state index contributed by atoms with van der Waals surface area (Å²) in [6.45, 7) is 3.86. The van der Waals surface area contributed by atoms with E-state index in [1.807, 2.05) is 37.5 Å². The van der Waals surface area contributed by atoms with Gasteiger partial charge in [0.2, 0.25) is 5.72 Å². The van der Waals surface area contributed by atoms with Crippen molar-refractivity contribution in [3.8, 4) is 11.3 Å². The van der Waals surface area contributed by atoms with Crippen molar-refractivity contribution in [1.29, 1.82) is 0 Å². The number of hydrogen-bond donors (Lipinski definition) is 2. The number of carbonyl (C=O) groups excluding carboxylic acids is 1. The number of para-hydroxylation sites is 1. The summed E-state index contributed by atoms with van der Waals surface area (Å²) >= 11 is 0. The van der Waals surface area contributed by atoms with E-state index in [4.69, 9.17) is 0 Å². The highest BCUT2D eigenvalue weighted by atomic mass is 19.3. The van der Waals surface area contributed by atoms with Crippen molar-refractivity contribution in [2.45, 2.75) is 32.4 Å². The molecule has 0 aliphatic carbocycles. The number of fused-ring (bicyclic) bond motifs is 1. The molecule has 1 atom stereocenters. The second-order valence-electron chi connectivity index (χ2n) is 7.72. The summed E-state index contributed by atoms with van der Waals surface area (Å²) in [6.07, 6.45) is -6.89. The molecule has 166 valence electrons. The van der Waals surface area contributed by atoms with Crippen molar-refractivity contribution >= 4 is 16.8 Å². The summed E-state index contributed by atoms with van der Waals surface area (Å²) in [7, 11) is 0. The first kappa shape index (κ1) is 21.8. The Morgan fingerprint density at radius 3 is 2.50 bits per heavy atom. The lowest BCUT2D eigenvalue weighted by atomic mass is 10.00. The molecule has 0 saturated carbocycles. The van der Waals surface area contributed by atoms with E-state index in [0.29, 0.717) is 22.2 Å². The number of nitrogens with zero attached hydrogens (tertiary/aromatic N) is 2. The first-order valence-electron chi connectivity index (χ1n) is 9.75. The number of hydrazine groups is 1. The fourth-order valence-corrected chi connectivity index (χ4v) is 3.64. The van der Waals surface area contributed by atoms with Crippen molar-refractivity contribution < 1.29 is 27.5 Å². The highest BCUT2D eigenvalue weighted by molar-refractivity contribution is 6.07. The number of benzene rings is 2. The Morgan fingerprint density at radius 1 is 1.12 bits per heavy atom. The van der Waals surface area contributed by atoms with Gasteiger partial charge in [0.15, 0.2) is 0 Å². The second-order valence-corrected chi connectivity index (χ2v) is 7.72. The van der Waals surface area contributed by atoms with E-state index in [-0.39, 0.29) is 10.6 Å². The zero-order valence-electron chi connectivity index (χ0n) is 17.2. The molecule has 1 saturated heterocycles. The first-order chi connectivity index (χ1) is 15.1. The van der Waals surface area contributed by atoms with Gasteiger partial charge in [-0.3, -0.25) is 10.2 Å². The van der Waals surface area contributed by atoms with Crippen LogP contribution in [0.15, 0.2) is 60.3 Å². The molecule has 0 radical (unpaired) electrons. The molecule has 1 aliphatic rings. The van der Waals surface area contributed by atoms with Crippen LogP contribution in [0.5, 0.6) is 0 Å². The van der Waals surface area contributed by atoms with Crippen molar-refractivity contribution in [3.63, 3.8) is 0 Å². The average molecular weight is 445 g/mol. The molecule has 0 bridgehead atoms. The quantitative estimate of drug-likeness (QED) is 0.561. The predicted octanol–water partition coefficient (Wildman–Crippen LogP) is 4.93. The van der Waals surface area contributed by atoms with Crippen molar-refractivity contribution in [1.82, 2.24) is 15.4 Å². The van der Waals surface area contributed by atoms with Gasteiger partial charge in [0.05, 0.1) is 23.2 Å². The van der Waals surface area contributed by atoms with Crippen LogP contribution < -0.4 is 5.43 Å². The first-order valence-corrected chi connectivity index (χ1v) is 9.75. The lowest BCUT2D eigenvalue weighted by molar-refractivity contribution is -0.168. The third-order valence-electron chi connectivity index (χ3n) is 5.60. The summed E-state index contributed by atoms with van der Waals surface area (Å²) in [5.74, 6) is -1.08. The van der Waals surface area contributed by atoms with E-state index in [1.54, 1.807) is 24.3 Å². The molecule has 32 heavy (non-hydrogen) atoms. The van der Waals surface area contributed by atoms with Gasteiger partial charge < -0.3 is 5.11 Å². The number of alkyl halides is 2. The molecule has 3 aromatic rings. The fraction of sp³-hybridized carbons (Fsp3) is 0.217. The summed E-state index contributed by atoms with van der Waals surface area (Å²) in [4.78, 5) is 17.9.